The number of fused-ring (bicyclic) bond motifs is 4. The summed E-state index contributed by atoms with van der Waals surface area (Å²) in [7, 11) is 1.47. The Balaban J connectivity index is 1.35. The maximum atomic E-state index is 14.1. The summed E-state index contributed by atoms with van der Waals surface area (Å²) in [4.78, 5) is 52.8. The molecule has 0 unspecified atom stereocenters. The topological polar surface area (TPSA) is 106 Å². The average Bonchev–Trinajstić information content (AvgIpc) is 3.49. The van der Waals surface area contributed by atoms with Crippen molar-refractivity contribution in [1.29, 1.82) is 0 Å². The van der Waals surface area contributed by atoms with Gasteiger partial charge in [-0.3, -0.25) is 19.0 Å². The zero-order valence-corrected chi connectivity index (χ0v) is 27.4. The van der Waals surface area contributed by atoms with Gasteiger partial charge in [0.2, 0.25) is 0 Å². The molecule has 2 aromatic heterocycles. The molecule has 0 saturated heterocycles. The van der Waals surface area contributed by atoms with Crippen LogP contribution in [0.2, 0.25) is 5.02 Å². The number of hydrogen-bond donors (Lipinski definition) is 0. The van der Waals surface area contributed by atoms with Gasteiger partial charge in [0.05, 0.1) is 30.5 Å². The van der Waals surface area contributed by atoms with Crippen LogP contribution in [0.25, 0.3) is 22.0 Å². The second kappa shape index (κ2) is 11.9. The summed E-state index contributed by atoms with van der Waals surface area (Å²) >= 11 is 6.27. The Hall–Kier alpha value is -4.21. The molecule has 2 aromatic carbocycles. The molecule has 10 heteroatoms. The molecule has 1 spiro atoms. The third-order valence-corrected chi connectivity index (χ3v) is 9.06. The second-order valence-electron chi connectivity index (χ2n) is 13.1. The molecular weight excluding hydrogens is 608 g/mol. The van der Waals surface area contributed by atoms with Crippen molar-refractivity contribution >= 4 is 40.0 Å². The lowest BCUT2D eigenvalue weighted by atomic mass is 9.88. The van der Waals surface area contributed by atoms with Gasteiger partial charge in [-0.1, -0.05) is 17.7 Å². The van der Waals surface area contributed by atoms with Crippen LogP contribution in [0.5, 0.6) is 5.75 Å². The first kappa shape index (κ1) is 31.8. The van der Waals surface area contributed by atoms with Gasteiger partial charge in [0, 0.05) is 53.5 Å². The first-order chi connectivity index (χ1) is 21.8. The Bertz CT molecular complexity index is 1940. The lowest BCUT2D eigenvalue weighted by Crippen LogP contribution is -2.39. The molecule has 240 valence electrons. The Morgan fingerprint density at radius 3 is 2.46 bits per heavy atom. The van der Waals surface area contributed by atoms with Crippen LogP contribution in [-0.4, -0.2) is 46.0 Å². The molecule has 2 aliphatic rings. The quantitative estimate of drug-likeness (QED) is 0.137. The van der Waals surface area contributed by atoms with Gasteiger partial charge in [0.15, 0.2) is 17.3 Å². The minimum Gasteiger partial charge on any atom is -0.495 e. The largest absolute Gasteiger partial charge is 0.495 e. The van der Waals surface area contributed by atoms with E-state index < -0.39 is 22.9 Å². The first-order valence-corrected chi connectivity index (χ1v) is 15.8. The van der Waals surface area contributed by atoms with Crippen molar-refractivity contribution in [2.75, 3.05) is 13.7 Å². The Morgan fingerprint density at radius 2 is 1.80 bits per heavy atom. The van der Waals surface area contributed by atoms with E-state index in [-0.39, 0.29) is 37.0 Å². The maximum Gasteiger partial charge on any atom is 0.357 e. The lowest BCUT2D eigenvalue weighted by Gasteiger charge is -2.38. The highest BCUT2D eigenvalue weighted by atomic mass is 35.5. The van der Waals surface area contributed by atoms with Gasteiger partial charge in [0.1, 0.15) is 11.4 Å². The van der Waals surface area contributed by atoms with Crippen LogP contribution in [0.3, 0.4) is 0 Å². The maximum absolute atomic E-state index is 14.1. The second-order valence-corrected chi connectivity index (χ2v) is 13.5. The highest BCUT2D eigenvalue weighted by molar-refractivity contribution is 6.31. The summed E-state index contributed by atoms with van der Waals surface area (Å²) < 4.78 is 20.8. The van der Waals surface area contributed by atoms with Gasteiger partial charge < -0.3 is 18.8 Å². The molecule has 46 heavy (non-hydrogen) atoms. The van der Waals surface area contributed by atoms with E-state index in [9.17, 15) is 19.2 Å². The van der Waals surface area contributed by atoms with Crippen molar-refractivity contribution in [2.45, 2.75) is 77.2 Å². The number of carbonyl (C=O) groups is 3. The van der Waals surface area contributed by atoms with E-state index in [1.165, 1.54) is 30.9 Å². The van der Waals surface area contributed by atoms with E-state index in [0.29, 0.717) is 33.2 Å². The van der Waals surface area contributed by atoms with Crippen molar-refractivity contribution < 1.29 is 28.6 Å². The van der Waals surface area contributed by atoms with Crippen LogP contribution >= 0.6 is 11.6 Å². The molecule has 1 aliphatic heterocycles. The number of ketones is 2. The van der Waals surface area contributed by atoms with Gasteiger partial charge in [-0.15, -0.1) is 0 Å². The van der Waals surface area contributed by atoms with Crippen molar-refractivity contribution in [1.82, 2.24) is 9.13 Å². The minimum atomic E-state index is -0.854. The summed E-state index contributed by atoms with van der Waals surface area (Å²) in [5.41, 5.74) is 2.01. The van der Waals surface area contributed by atoms with E-state index in [1.807, 2.05) is 49.6 Å². The molecule has 1 atom stereocenters. The van der Waals surface area contributed by atoms with Crippen LogP contribution in [0, 0.1) is 0 Å². The monoisotopic (exact) mass is 644 g/mol. The first-order valence-electron chi connectivity index (χ1n) is 15.5. The minimum absolute atomic E-state index is 0.0610. The van der Waals surface area contributed by atoms with Gasteiger partial charge in [-0.05, 0) is 88.1 Å². The fourth-order valence-electron chi connectivity index (χ4n) is 6.48. The number of ether oxygens (including phenoxy) is 3. The van der Waals surface area contributed by atoms with Crippen LogP contribution in [0.4, 0.5) is 0 Å². The summed E-state index contributed by atoms with van der Waals surface area (Å²) in [5.74, 6) is -0.365. The zero-order chi connectivity index (χ0) is 33.0. The van der Waals surface area contributed by atoms with Gasteiger partial charge in [0.25, 0.3) is 5.56 Å². The standard InChI is InChI=1S/C36H37ClN2O7/c1-21(40)25-9-8-24(37)18-26(25)27-19-33(42)38(20-32(27)44-5)29(11-14-45-35(2,3)4)31(41)16-22-7-10-28-23(15-22)17-30-34(43)46-36(39(28)30)12-6-13-36/h7-10,15,17-20,29H,6,11-14,16H2,1-5H3/t29-/m1/s1. The van der Waals surface area contributed by atoms with E-state index in [1.54, 1.807) is 18.2 Å². The van der Waals surface area contributed by atoms with E-state index in [0.717, 1.165) is 35.7 Å². The van der Waals surface area contributed by atoms with E-state index in [4.69, 9.17) is 25.8 Å². The molecular formula is C36H37ClN2O7. The predicted molar refractivity (Wildman–Crippen MR) is 175 cm³/mol. The van der Waals surface area contributed by atoms with Crippen molar-refractivity contribution in [2.24, 2.45) is 0 Å². The number of rotatable bonds is 10. The van der Waals surface area contributed by atoms with E-state index >= 15 is 0 Å². The zero-order valence-electron chi connectivity index (χ0n) is 26.6. The number of aromatic nitrogens is 2. The van der Waals surface area contributed by atoms with Crippen molar-refractivity contribution in [3.63, 3.8) is 0 Å². The lowest BCUT2D eigenvalue weighted by molar-refractivity contribution is -0.122. The van der Waals surface area contributed by atoms with Gasteiger partial charge in [-0.25, -0.2) is 4.79 Å². The Labute approximate surface area is 272 Å². The van der Waals surface area contributed by atoms with Crippen LogP contribution < -0.4 is 10.3 Å². The summed E-state index contributed by atoms with van der Waals surface area (Å²) in [6.45, 7) is 7.48. The Morgan fingerprint density at radius 1 is 1.04 bits per heavy atom. The van der Waals surface area contributed by atoms with Crippen LogP contribution in [0.15, 0.2) is 59.5 Å². The third-order valence-electron chi connectivity index (χ3n) is 8.83. The highest BCUT2D eigenvalue weighted by Gasteiger charge is 2.50. The number of nitrogens with zero attached hydrogens (tertiary/aromatic N) is 2. The normalized spacial score (nSPS) is 15.8. The molecule has 1 fully saturated rings. The number of Topliss-reactive ketones (excluding diaryl/α,β-unsaturated/α-hetero) is 2. The summed E-state index contributed by atoms with van der Waals surface area (Å²) in [5, 5.41) is 1.27. The molecule has 0 bridgehead atoms. The van der Waals surface area contributed by atoms with Crippen LogP contribution in [-0.2, 0) is 26.4 Å². The predicted octanol–water partition coefficient (Wildman–Crippen LogP) is 6.90. The summed E-state index contributed by atoms with van der Waals surface area (Å²) in [6.07, 6.45) is 4.42. The van der Waals surface area contributed by atoms with Gasteiger partial charge in [-0.2, -0.15) is 0 Å². The summed E-state index contributed by atoms with van der Waals surface area (Å²) in [6, 6.07) is 13.0. The smallest absolute Gasteiger partial charge is 0.357 e. The molecule has 3 heterocycles. The average molecular weight is 645 g/mol. The molecule has 1 saturated carbocycles. The molecule has 0 amide bonds. The van der Waals surface area contributed by atoms with Gasteiger partial charge >= 0.3 is 5.97 Å². The van der Waals surface area contributed by atoms with Crippen LogP contribution in [0.1, 0.15) is 85.8 Å². The highest BCUT2D eigenvalue weighted by Crippen LogP contribution is 2.48. The third kappa shape index (κ3) is 5.78. The number of pyridine rings is 1. The molecule has 0 radical (unpaired) electrons. The van der Waals surface area contributed by atoms with Crippen molar-refractivity contribution in [3.05, 3.63) is 86.9 Å². The SMILES string of the molecule is COc1cn([C@H](CCOC(C)(C)C)C(=O)Cc2ccc3c(c2)cc2n3C3(CCC3)OC2=O)c(=O)cc1-c1cc(Cl)ccc1C(C)=O. The number of benzene rings is 2. The Kier molecular flexibility index (Phi) is 8.19. The fourth-order valence-corrected chi connectivity index (χ4v) is 6.65. The number of carbonyl (C=O) groups excluding carboxylic acids is 3. The fraction of sp³-hybridized carbons (Fsp3) is 0.389. The molecule has 1 aliphatic carbocycles. The van der Waals surface area contributed by atoms with Crippen molar-refractivity contribution in [3.8, 4) is 16.9 Å². The molecule has 6 rings (SSSR count). The molecule has 9 nitrogen and oxygen atoms in total. The molecule has 0 N–H and O–H groups in total. The number of methoxy groups -OCH3 is 1. The number of hydrogen-bond acceptors (Lipinski definition) is 7. The van der Waals surface area contributed by atoms with E-state index in [2.05, 4.69) is 0 Å². The number of esters is 1. The number of halogens is 1. The molecule has 4 aromatic rings.